The summed E-state index contributed by atoms with van der Waals surface area (Å²) in [6.07, 6.45) is 0.611. The lowest BCUT2D eigenvalue weighted by Gasteiger charge is -2.33. The minimum atomic E-state index is -1.15. The van der Waals surface area contributed by atoms with Crippen molar-refractivity contribution in [1.29, 1.82) is 0 Å². The first-order valence-corrected chi connectivity index (χ1v) is 8.36. The molecule has 1 saturated heterocycles. The number of rotatable bonds is 3. The molecule has 2 aliphatic heterocycles. The molecular weight excluding hydrogens is 340 g/mol. The minimum Gasteiger partial charge on any atom is -0.449 e. The van der Waals surface area contributed by atoms with Crippen molar-refractivity contribution in [2.45, 2.75) is 31.9 Å². The Morgan fingerprint density at radius 3 is 2.85 bits per heavy atom. The number of carbonyl (C=O) groups is 4. The van der Waals surface area contributed by atoms with E-state index in [4.69, 9.17) is 4.74 Å². The smallest absolute Gasteiger partial charge is 0.338 e. The van der Waals surface area contributed by atoms with Crippen molar-refractivity contribution in [2.24, 2.45) is 0 Å². The van der Waals surface area contributed by atoms with E-state index in [0.29, 0.717) is 5.69 Å². The van der Waals surface area contributed by atoms with E-state index in [1.165, 1.54) is 20.0 Å². The molecule has 1 aromatic rings. The molecule has 1 aromatic carbocycles. The highest BCUT2D eigenvalue weighted by Gasteiger charge is 2.36. The molecule has 2 atom stereocenters. The van der Waals surface area contributed by atoms with Crippen LogP contribution in [-0.2, 0) is 14.3 Å². The van der Waals surface area contributed by atoms with E-state index in [1.807, 2.05) is 10.2 Å². The van der Waals surface area contributed by atoms with Crippen LogP contribution < -0.4 is 20.9 Å². The van der Waals surface area contributed by atoms with Gasteiger partial charge in [0.05, 0.1) is 16.9 Å². The molecule has 3 rings (SSSR count). The van der Waals surface area contributed by atoms with Gasteiger partial charge in [-0.2, -0.15) is 0 Å². The second kappa shape index (κ2) is 7.03. The first-order chi connectivity index (χ1) is 12.4. The molecule has 0 aliphatic carbocycles. The van der Waals surface area contributed by atoms with Crippen molar-refractivity contribution >= 4 is 35.2 Å². The monoisotopic (exact) mass is 360 g/mol. The molecule has 4 amide bonds. The molecule has 2 heterocycles. The summed E-state index contributed by atoms with van der Waals surface area (Å²) >= 11 is 0. The average Bonchev–Trinajstić information content (AvgIpc) is 3.11. The topological polar surface area (TPSA) is 117 Å². The third-order valence-corrected chi connectivity index (χ3v) is 4.47. The summed E-state index contributed by atoms with van der Waals surface area (Å²) in [5, 5.41) is 7.09. The molecule has 9 nitrogen and oxygen atoms in total. The van der Waals surface area contributed by atoms with E-state index in [1.54, 1.807) is 12.1 Å². The normalized spacial score (nSPS) is 18.9. The number of imide groups is 1. The molecule has 1 fully saturated rings. The Labute approximate surface area is 150 Å². The summed E-state index contributed by atoms with van der Waals surface area (Å²) in [6, 6.07) is 4.05. The number of benzene rings is 1. The molecule has 0 saturated carbocycles. The Hall–Kier alpha value is -3.10. The molecule has 26 heavy (non-hydrogen) atoms. The van der Waals surface area contributed by atoms with Crippen LogP contribution in [0, 0.1) is 0 Å². The summed E-state index contributed by atoms with van der Waals surface area (Å²) in [5.41, 5.74) is 1.63. The maximum Gasteiger partial charge on any atom is 0.338 e. The van der Waals surface area contributed by atoms with E-state index in [-0.39, 0.29) is 17.5 Å². The number of nitrogens with one attached hydrogen (secondary N) is 3. The van der Waals surface area contributed by atoms with Crippen LogP contribution in [0.1, 0.15) is 30.1 Å². The molecule has 138 valence electrons. The number of hydrogen-bond acceptors (Lipinski definition) is 6. The summed E-state index contributed by atoms with van der Waals surface area (Å²) < 4.78 is 5.09. The van der Waals surface area contributed by atoms with E-state index in [9.17, 15) is 19.2 Å². The van der Waals surface area contributed by atoms with Crippen molar-refractivity contribution in [3.63, 3.8) is 0 Å². The highest BCUT2D eigenvalue weighted by atomic mass is 16.5. The minimum absolute atomic E-state index is 0.0844. The zero-order chi connectivity index (χ0) is 18.8. The van der Waals surface area contributed by atoms with Gasteiger partial charge in [-0.1, -0.05) is 0 Å². The van der Waals surface area contributed by atoms with Gasteiger partial charge in [-0.25, -0.2) is 9.59 Å². The number of urea groups is 1. The number of fused-ring (bicyclic) bond motifs is 3. The Morgan fingerprint density at radius 2 is 2.12 bits per heavy atom. The van der Waals surface area contributed by atoms with Gasteiger partial charge in [-0.15, -0.1) is 0 Å². The fourth-order valence-corrected chi connectivity index (χ4v) is 3.12. The van der Waals surface area contributed by atoms with Crippen LogP contribution >= 0.6 is 0 Å². The predicted octanol–water partition coefficient (Wildman–Crippen LogP) is 0.608. The first kappa shape index (κ1) is 17.7. The summed E-state index contributed by atoms with van der Waals surface area (Å²) in [7, 11) is 1.37. The van der Waals surface area contributed by atoms with Gasteiger partial charge in [0.25, 0.3) is 5.91 Å². The maximum absolute atomic E-state index is 12.3. The van der Waals surface area contributed by atoms with Crippen LogP contribution in [0.3, 0.4) is 0 Å². The van der Waals surface area contributed by atoms with Crippen LogP contribution in [0.2, 0.25) is 0 Å². The third kappa shape index (κ3) is 3.32. The third-order valence-electron chi connectivity index (χ3n) is 4.47. The Bertz CT molecular complexity index is 778. The fraction of sp³-hybridized carbons (Fsp3) is 0.412. The zero-order valence-corrected chi connectivity index (χ0v) is 14.5. The van der Waals surface area contributed by atoms with Crippen LogP contribution in [0.4, 0.5) is 16.2 Å². The molecule has 0 radical (unpaired) electrons. The molecule has 0 aromatic heterocycles. The number of ether oxygens (including phenoxy) is 1. The van der Waals surface area contributed by atoms with Gasteiger partial charge in [0.15, 0.2) is 6.10 Å². The number of anilines is 2. The van der Waals surface area contributed by atoms with Crippen molar-refractivity contribution in [3.05, 3.63) is 23.8 Å². The van der Waals surface area contributed by atoms with Crippen molar-refractivity contribution in [3.8, 4) is 0 Å². The lowest BCUT2D eigenvalue weighted by atomic mass is 10.1. The summed E-state index contributed by atoms with van der Waals surface area (Å²) in [6.45, 7) is 2.16. The van der Waals surface area contributed by atoms with Crippen LogP contribution in [0.15, 0.2) is 18.2 Å². The Morgan fingerprint density at radius 1 is 1.35 bits per heavy atom. The van der Waals surface area contributed by atoms with Gasteiger partial charge in [-0.05, 0) is 38.0 Å². The molecule has 0 bridgehead atoms. The number of hydrogen-bond donors (Lipinski definition) is 3. The Kier molecular flexibility index (Phi) is 4.79. The molecule has 2 aliphatic rings. The second-order valence-corrected chi connectivity index (χ2v) is 6.19. The Balaban J connectivity index is 1.71. The van der Waals surface area contributed by atoms with Gasteiger partial charge in [0.1, 0.15) is 6.04 Å². The highest BCUT2D eigenvalue weighted by molar-refractivity contribution is 6.05. The lowest BCUT2D eigenvalue weighted by molar-refractivity contribution is -0.127. The number of esters is 1. The van der Waals surface area contributed by atoms with Crippen LogP contribution in [0.5, 0.6) is 0 Å². The maximum atomic E-state index is 12.3. The van der Waals surface area contributed by atoms with E-state index in [0.717, 1.165) is 25.1 Å². The second-order valence-electron chi connectivity index (χ2n) is 6.19. The SMILES string of the molecule is CNC(=O)NC(=O)[C@H](C)OC(=O)c1ccc2c(c1)NC(=O)[C@@H]1CCCN21. The fourth-order valence-electron chi connectivity index (χ4n) is 3.12. The lowest BCUT2D eigenvalue weighted by Crippen LogP contribution is -2.44. The van der Waals surface area contributed by atoms with Crippen molar-refractivity contribution in [2.75, 3.05) is 23.8 Å². The van der Waals surface area contributed by atoms with Crippen LogP contribution in [0.25, 0.3) is 0 Å². The number of carbonyl (C=O) groups excluding carboxylic acids is 4. The van der Waals surface area contributed by atoms with E-state index >= 15 is 0 Å². The van der Waals surface area contributed by atoms with Gasteiger partial charge in [0, 0.05) is 13.6 Å². The number of nitrogens with zero attached hydrogens (tertiary/aromatic N) is 1. The number of amides is 4. The zero-order valence-electron chi connectivity index (χ0n) is 14.5. The van der Waals surface area contributed by atoms with E-state index in [2.05, 4.69) is 10.6 Å². The summed E-state index contributed by atoms with van der Waals surface area (Å²) in [5.74, 6) is -1.53. The highest BCUT2D eigenvalue weighted by Crippen LogP contribution is 2.37. The molecule has 9 heteroatoms. The quantitative estimate of drug-likeness (QED) is 0.680. The molecular formula is C17H20N4O5. The van der Waals surface area contributed by atoms with Crippen LogP contribution in [-0.4, -0.2) is 49.6 Å². The molecule has 3 N–H and O–H groups in total. The van der Waals surface area contributed by atoms with Gasteiger partial charge in [-0.3, -0.25) is 14.9 Å². The average molecular weight is 360 g/mol. The summed E-state index contributed by atoms with van der Waals surface area (Å²) in [4.78, 5) is 49.4. The molecule has 0 unspecified atom stereocenters. The van der Waals surface area contributed by atoms with Crippen molar-refractivity contribution < 1.29 is 23.9 Å². The van der Waals surface area contributed by atoms with Gasteiger partial charge >= 0.3 is 12.0 Å². The standard InChI is InChI=1S/C17H20N4O5/c1-9(14(22)20-17(25)18-2)26-16(24)10-5-6-12-11(8-10)19-15(23)13-4-3-7-21(12)13/h5-6,8-9,13H,3-4,7H2,1-2H3,(H,19,23)(H2,18,20,22,25)/t9-,13-/m0/s1. The van der Waals surface area contributed by atoms with Gasteiger partial charge < -0.3 is 20.3 Å². The van der Waals surface area contributed by atoms with Crippen molar-refractivity contribution in [1.82, 2.24) is 10.6 Å². The first-order valence-electron chi connectivity index (χ1n) is 8.36. The van der Waals surface area contributed by atoms with Gasteiger partial charge in [0.2, 0.25) is 5.91 Å². The molecule has 0 spiro atoms. The van der Waals surface area contributed by atoms with E-state index < -0.39 is 24.0 Å². The largest absolute Gasteiger partial charge is 0.449 e. The predicted molar refractivity (Wildman–Crippen MR) is 92.9 cm³/mol.